The molecule has 134 valence electrons. The molecule has 1 saturated heterocycles. The van der Waals surface area contributed by atoms with Gasteiger partial charge in [0.15, 0.2) is 0 Å². The number of hydrogen-bond acceptors (Lipinski definition) is 5. The van der Waals surface area contributed by atoms with Crippen LogP contribution in [0.4, 0.5) is 5.82 Å². The Morgan fingerprint density at radius 2 is 1.92 bits per heavy atom. The number of nitrogens with zero attached hydrogens (tertiary/aromatic N) is 3. The Balaban J connectivity index is 2.04. The first-order valence-corrected chi connectivity index (χ1v) is 9.52. The van der Waals surface area contributed by atoms with Gasteiger partial charge in [-0.3, -0.25) is 4.79 Å². The molecule has 0 aliphatic carbocycles. The number of carbonyl (C=O) groups is 1. The van der Waals surface area contributed by atoms with Crippen molar-refractivity contribution in [1.82, 2.24) is 14.6 Å². The number of carbonyl (C=O) groups excluding carboxylic acids is 1. The van der Waals surface area contributed by atoms with Gasteiger partial charge in [-0.25, -0.2) is 13.4 Å². The normalized spacial score (nSPS) is 16.2. The largest absolute Gasteiger partial charge is 0.350 e. The zero-order valence-electron chi connectivity index (χ0n) is 14.7. The van der Waals surface area contributed by atoms with Crippen molar-refractivity contribution < 1.29 is 13.2 Å². The first-order chi connectivity index (χ1) is 11.1. The molecule has 24 heavy (non-hydrogen) atoms. The van der Waals surface area contributed by atoms with Crippen LogP contribution in [0.25, 0.3) is 0 Å². The molecule has 1 aliphatic heterocycles. The molecule has 1 aromatic rings. The van der Waals surface area contributed by atoms with Crippen molar-refractivity contribution in [3.05, 3.63) is 18.3 Å². The molecule has 0 unspecified atom stereocenters. The van der Waals surface area contributed by atoms with Crippen LogP contribution in [0.2, 0.25) is 0 Å². The summed E-state index contributed by atoms with van der Waals surface area (Å²) in [6.07, 6.45) is 3.16. The molecule has 8 heteroatoms. The van der Waals surface area contributed by atoms with Gasteiger partial charge in [-0.05, 0) is 45.7 Å². The van der Waals surface area contributed by atoms with E-state index < -0.39 is 10.0 Å². The van der Waals surface area contributed by atoms with Crippen molar-refractivity contribution in [2.24, 2.45) is 0 Å². The predicted molar refractivity (Wildman–Crippen MR) is 93.4 cm³/mol. The summed E-state index contributed by atoms with van der Waals surface area (Å²) in [5.41, 5.74) is -0.293. The molecule has 2 heterocycles. The maximum atomic E-state index is 12.5. The first kappa shape index (κ1) is 18.7. The molecule has 0 aromatic carbocycles. The van der Waals surface area contributed by atoms with Crippen LogP contribution < -0.4 is 10.2 Å². The predicted octanol–water partition coefficient (Wildman–Crippen LogP) is 1.22. The maximum absolute atomic E-state index is 12.5. The average molecular weight is 354 g/mol. The van der Waals surface area contributed by atoms with Crippen LogP contribution in [-0.4, -0.2) is 55.8 Å². The fourth-order valence-corrected chi connectivity index (χ4v) is 4.05. The van der Waals surface area contributed by atoms with Crippen LogP contribution in [-0.2, 0) is 14.8 Å². The zero-order chi connectivity index (χ0) is 18.0. The van der Waals surface area contributed by atoms with Gasteiger partial charge in [0, 0.05) is 31.9 Å². The van der Waals surface area contributed by atoms with E-state index in [4.69, 9.17) is 0 Å². The van der Waals surface area contributed by atoms with Crippen molar-refractivity contribution in [3.8, 4) is 0 Å². The second kappa shape index (κ2) is 7.06. The Bertz CT molecular complexity index is 674. The second-order valence-electron chi connectivity index (χ2n) is 7.12. The number of likely N-dealkylation sites (N-methyl/N-ethyl adjacent to an activating group) is 1. The Hall–Kier alpha value is -1.67. The van der Waals surface area contributed by atoms with Crippen LogP contribution in [0.1, 0.15) is 33.6 Å². The van der Waals surface area contributed by atoms with Crippen molar-refractivity contribution >= 4 is 21.7 Å². The number of nitrogens with one attached hydrogen (secondary N) is 1. The third-order valence-electron chi connectivity index (χ3n) is 3.71. The van der Waals surface area contributed by atoms with E-state index in [1.165, 1.54) is 10.5 Å². The third kappa shape index (κ3) is 4.67. The molecule has 0 radical (unpaired) electrons. The first-order valence-electron chi connectivity index (χ1n) is 8.08. The lowest BCUT2D eigenvalue weighted by molar-refractivity contribution is -0.121. The van der Waals surface area contributed by atoms with Gasteiger partial charge in [-0.2, -0.15) is 4.31 Å². The highest BCUT2D eigenvalue weighted by molar-refractivity contribution is 7.89. The number of sulfonamides is 1. The average Bonchev–Trinajstić information content (AvgIpc) is 3.00. The second-order valence-corrected chi connectivity index (χ2v) is 9.06. The van der Waals surface area contributed by atoms with Crippen LogP contribution in [0, 0.1) is 0 Å². The molecule has 7 nitrogen and oxygen atoms in total. The highest BCUT2D eigenvalue weighted by Crippen LogP contribution is 2.21. The minimum Gasteiger partial charge on any atom is -0.350 e. The molecular formula is C16H26N4O3S. The Morgan fingerprint density at radius 3 is 2.42 bits per heavy atom. The number of aromatic nitrogens is 1. The van der Waals surface area contributed by atoms with E-state index in [1.54, 1.807) is 24.1 Å². The third-order valence-corrected chi connectivity index (χ3v) is 5.59. The highest BCUT2D eigenvalue weighted by Gasteiger charge is 2.27. The molecule has 0 bridgehead atoms. The van der Waals surface area contributed by atoms with Gasteiger partial charge in [0.05, 0.1) is 6.54 Å². The van der Waals surface area contributed by atoms with E-state index in [-0.39, 0.29) is 22.9 Å². The fourth-order valence-electron chi connectivity index (χ4n) is 2.58. The topological polar surface area (TPSA) is 82.6 Å². The van der Waals surface area contributed by atoms with E-state index in [9.17, 15) is 13.2 Å². The fraction of sp³-hybridized carbons (Fsp3) is 0.625. The maximum Gasteiger partial charge on any atom is 0.244 e. The number of hydrogen-bond donors (Lipinski definition) is 1. The molecule has 2 rings (SSSR count). The van der Waals surface area contributed by atoms with Crippen molar-refractivity contribution in [2.75, 3.05) is 31.6 Å². The molecule has 1 aromatic heterocycles. The quantitative estimate of drug-likeness (QED) is 0.860. The SMILES string of the molecule is CN(CC(=O)NC(C)(C)C)c1ccc(S(=O)(=O)N2CCCC2)cn1. The molecule has 0 spiro atoms. The number of amides is 1. The van der Waals surface area contributed by atoms with E-state index >= 15 is 0 Å². The molecule has 1 N–H and O–H groups in total. The summed E-state index contributed by atoms with van der Waals surface area (Å²) in [4.78, 5) is 18.0. The van der Waals surface area contributed by atoms with E-state index in [1.807, 2.05) is 20.8 Å². The van der Waals surface area contributed by atoms with Gasteiger partial charge in [0.25, 0.3) is 0 Å². The van der Waals surface area contributed by atoms with E-state index in [2.05, 4.69) is 10.3 Å². The van der Waals surface area contributed by atoms with Gasteiger partial charge in [0.2, 0.25) is 15.9 Å². The lowest BCUT2D eigenvalue weighted by Crippen LogP contribution is -2.45. The summed E-state index contributed by atoms with van der Waals surface area (Å²) in [7, 11) is -1.71. The molecule has 0 atom stereocenters. The van der Waals surface area contributed by atoms with E-state index in [0.717, 1.165) is 12.8 Å². The lowest BCUT2D eigenvalue weighted by Gasteiger charge is -2.24. The van der Waals surface area contributed by atoms with Crippen LogP contribution in [0.5, 0.6) is 0 Å². The molecular weight excluding hydrogens is 328 g/mol. The number of rotatable bonds is 5. The van der Waals surface area contributed by atoms with Gasteiger partial charge in [-0.1, -0.05) is 0 Å². The van der Waals surface area contributed by atoms with Gasteiger partial charge < -0.3 is 10.2 Å². The summed E-state index contributed by atoms with van der Waals surface area (Å²) in [6.45, 7) is 7.04. The van der Waals surface area contributed by atoms with Crippen molar-refractivity contribution in [2.45, 2.75) is 44.0 Å². The van der Waals surface area contributed by atoms with Crippen LogP contribution in [0.15, 0.2) is 23.2 Å². The summed E-state index contributed by atoms with van der Waals surface area (Å²) < 4.78 is 26.4. The smallest absolute Gasteiger partial charge is 0.244 e. The van der Waals surface area contributed by atoms with Gasteiger partial charge >= 0.3 is 0 Å². The van der Waals surface area contributed by atoms with E-state index in [0.29, 0.717) is 18.9 Å². The number of anilines is 1. The van der Waals surface area contributed by atoms with Crippen molar-refractivity contribution in [1.29, 1.82) is 0 Å². The summed E-state index contributed by atoms with van der Waals surface area (Å²) in [5.74, 6) is 0.444. The number of pyridine rings is 1. The monoisotopic (exact) mass is 354 g/mol. The van der Waals surface area contributed by atoms with Crippen LogP contribution in [0.3, 0.4) is 0 Å². The summed E-state index contributed by atoms with van der Waals surface area (Å²) in [5, 5.41) is 2.88. The Morgan fingerprint density at radius 1 is 1.29 bits per heavy atom. The summed E-state index contributed by atoms with van der Waals surface area (Å²) in [6, 6.07) is 3.18. The van der Waals surface area contributed by atoms with Gasteiger partial charge in [-0.15, -0.1) is 0 Å². The molecule has 1 aliphatic rings. The summed E-state index contributed by atoms with van der Waals surface area (Å²) >= 11 is 0. The Labute approximate surface area is 144 Å². The minimum atomic E-state index is -3.46. The highest BCUT2D eigenvalue weighted by atomic mass is 32.2. The van der Waals surface area contributed by atoms with Crippen LogP contribution >= 0.6 is 0 Å². The Kier molecular flexibility index (Phi) is 5.49. The zero-order valence-corrected chi connectivity index (χ0v) is 15.6. The van der Waals surface area contributed by atoms with Crippen molar-refractivity contribution in [3.63, 3.8) is 0 Å². The standard InChI is InChI=1S/C16H26N4O3S/c1-16(2,3)18-15(21)12-19(4)14-8-7-13(11-17-14)24(22,23)20-9-5-6-10-20/h7-8,11H,5-6,9-10,12H2,1-4H3,(H,18,21). The van der Waals surface area contributed by atoms with Gasteiger partial charge in [0.1, 0.15) is 10.7 Å². The molecule has 1 fully saturated rings. The minimum absolute atomic E-state index is 0.111. The molecule has 1 amide bonds. The molecule has 0 saturated carbocycles. The lowest BCUT2D eigenvalue weighted by atomic mass is 10.1.